The van der Waals surface area contributed by atoms with Gasteiger partial charge < -0.3 is 12.1 Å². The van der Waals surface area contributed by atoms with Gasteiger partial charge in [0.2, 0.25) is 0 Å². The minimum atomic E-state index is 0. The van der Waals surface area contributed by atoms with Crippen molar-refractivity contribution in [1.29, 1.82) is 5.26 Å². The molecule has 0 saturated heterocycles. The van der Waals surface area contributed by atoms with Crippen LogP contribution in [0.25, 0.3) is 0 Å². The van der Waals surface area contributed by atoms with Crippen molar-refractivity contribution in [1.82, 2.24) is 0 Å². The molecule has 0 aliphatic rings. The van der Waals surface area contributed by atoms with Gasteiger partial charge in [0.05, 0.1) is 0 Å². The minimum Gasteiger partial charge on any atom is -0.411 e. The van der Waals surface area contributed by atoms with Gasteiger partial charge in [-0.1, -0.05) is 18.5 Å². The average molecular weight is 253 g/mol. The van der Waals surface area contributed by atoms with Crippen molar-refractivity contribution in [2.45, 2.75) is 19.8 Å². The summed E-state index contributed by atoms with van der Waals surface area (Å²) >= 11 is 0. The summed E-state index contributed by atoms with van der Waals surface area (Å²) in [5.74, 6) is 0. The first-order valence-corrected chi connectivity index (χ1v) is 3.66. The third-order valence-corrected chi connectivity index (χ3v) is 1.60. The monoisotopic (exact) mass is 253 g/mol. The maximum absolute atomic E-state index is 8.54. The summed E-state index contributed by atoms with van der Waals surface area (Å²) < 4.78 is 0. The summed E-state index contributed by atoms with van der Waals surface area (Å²) in [5, 5.41) is 19.9. The van der Waals surface area contributed by atoms with Crippen molar-refractivity contribution in [3.8, 4) is 6.07 Å². The maximum atomic E-state index is 8.54. The summed E-state index contributed by atoms with van der Waals surface area (Å²) in [5.41, 5.74) is 1.43. The summed E-state index contributed by atoms with van der Waals surface area (Å²) in [6.45, 7) is 9.29. The summed E-state index contributed by atoms with van der Waals surface area (Å²) in [7, 11) is 0. The summed E-state index contributed by atoms with van der Waals surface area (Å²) in [4.78, 5) is 0. The van der Waals surface area contributed by atoms with Crippen molar-refractivity contribution < 1.29 is 37.9 Å². The Labute approximate surface area is 104 Å². The number of allylic oxidation sites excluding steroid dienone is 2. The second kappa shape index (κ2) is 8.28. The van der Waals surface area contributed by atoms with Gasteiger partial charge in [0.15, 0.2) is 0 Å². The van der Waals surface area contributed by atoms with Gasteiger partial charge in [-0.15, -0.1) is 0 Å². The van der Waals surface area contributed by atoms with E-state index >= 15 is 0 Å². The van der Waals surface area contributed by atoms with E-state index in [1.54, 1.807) is 6.07 Å². The van der Waals surface area contributed by atoms with E-state index in [0.29, 0.717) is 12.0 Å². The zero-order chi connectivity index (χ0) is 9.56. The molecule has 0 aromatic carbocycles. The predicted octanol–water partition coefficient (Wildman–Crippen LogP) is 2.10. The van der Waals surface area contributed by atoms with E-state index in [9.17, 15) is 0 Å². The second-order valence-electron chi connectivity index (χ2n) is 2.25. The van der Waals surface area contributed by atoms with Crippen LogP contribution in [0, 0.1) is 25.2 Å². The molecule has 0 aliphatic heterocycles. The topological polar surface area (TPSA) is 56.4 Å². The molecule has 13 heavy (non-hydrogen) atoms. The van der Waals surface area contributed by atoms with Crippen LogP contribution in [0.15, 0.2) is 16.3 Å². The van der Waals surface area contributed by atoms with Gasteiger partial charge in [-0.3, -0.25) is 0 Å². The van der Waals surface area contributed by atoms with Crippen molar-refractivity contribution in [3.63, 3.8) is 0 Å². The number of oxime groups is 1. The molecular formula is C9H12N2OY-2. The van der Waals surface area contributed by atoms with Crippen LogP contribution in [0.5, 0.6) is 0 Å². The predicted molar refractivity (Wildman–Crippen MR) is 47.5 cm³/mol. The van der Waals surface area contributed by atoms with E-state index in [1.807, 2.05) is 6.92 Å². The standard InChI is InChI=1S/C9H12N2O.Y/c1-4-7(3)8(5-2)9(6-10)11-12;/h12H,2-5H2,1H3;/q-2;. The van der Waals surface area contributed by atoms with Gasteiger partial charge in [-0.25, -0.2) is 18.9 Å². The van der Waals surface area contributed by atoms with Gasteiger partial charge in [0.1, 0.15) is 11.8 Å². The molecule has 0 fully saturated rings. The van der Waals surface area contributed by atoms with Crippen molar-refractivity contribution in [3.05, 3.63) is 25.0 Å². The van der Waals surface area contributed by atoms with E-state index in [2.05, 4.69) is 19.0 Å². The molecule has 4 heteroatoms. The molecule has 0 bridgehead atoms. The zero-order valence-corrected chi connectivity index (χ0v) is 10.6. The van der Waals surface area contributed by atoms with Crippen molar-refractivity contribution >= 4 is 5.71 Å². The van der Waals surface area contributed by atoms with Crippen LogP contribution in [0.1, 0.15) is 19.8 Å². The van der Waals surface area contributed by atoms with Crippen LogP contribution < -0.4 is 0 Å². The Morgan fingerprint density at radius 2 is 2.15 bits per heavy atom. The fourth-order valence-electron chi connectivity index (χ4n) is 0.826. The molecule has 0 saturated carbocycles. The van der Waals surface area contributed by atoms with Crippen LogP contribution in [-0.4, -0.2) is 10.9 Å². The third-order valence-electron chi connectivity index (χ3n) is 1.60. The van der Waals surface area contributed by atoms with Crippen LogP contribution in [-0.2, 0) is 32.7 Å². The molecule has 0 aliphatic carbocycles. The molecular weight excluding hydrogens is 241 g/mol. The van der Waals surface area contributed by atoms with E-state index < -0.39 is 0 Å². The first kappa shape index (κ1) is 15.2. The minimum absolute atomic E-state index is 0. The first-order chi connectivity index (χ1) is 5.71. The van der Waals surface area contributed by atoms with Crippen LogP contribution in [0.3, 0.4) is 0 Å². The van der Waals surface area contributed by atoms with Gasteiger partial charge in [-0.2, -0.15) is 10.8 Å². The molecule has 3 nitrogen and oxygen atoms in total. The number of hydrogen-bond acceptors (Lipinski definition) is 3. The molecule has 0 unspecified atom stereocenters. The van der Waals surface area contributed by atoms with Gasteiger partial charge >= 0.3 is 0 Å². The number of rotatable bonds is 3. The van der Waals surface area contributed by atoms with E-state index in [1.165, 1.54) is 0 Å². The second-order valence-corrected chi connectivity index (χ2v) is 2.25. The van der Waals surface area contributed by atoms with Crippen molar-refractivity contribution in [2.24, 2.45) is 5.16 Å². The molecule has 0 aromatic heterocycles. The third kappa shape index (κ3) is 4.45. The molecule has 0 atom stereocenters. The Bertz CT molecular complexity index is 251. The molecule has 0 rings (SSSR count). The molecule has 1 radical (unpaired) electrons. The molecule has 0 amide bonds. The van der Waals surface area contributed by atoms with Gasteiger partial charge in [0.25, 0.3) is 0 Å². The summed E-state index contributed by atoms with van der Waals surface area (Å²) in [6.07, 6.45) is 1.14. The Balaban J connectivity index is 0. The number of nitrogens with zero attached hydrogens (tertiary/aromatic N) is 2. The van der Waals surface area contributed by atoms with Crippen molar-refractivity contribution in [2.75, 3.05) is 0 Å². The Hall–Kier alpha value is -0.326. The molecule has 1 N–H and O–H groups in total. The number of hydrogen-bond donors (Lipinski definition) is 1. The van der Waals surface area contributed by atoms with Gasteiger partial charge in [0, 0.05) is 32.7 Å². The van der Waals surface area contributed by atoms with Gasteiger partial charge in [-0.05, 0) is 0 Å². The fraction of sp³-hybridized carbons (Fsp3) is 0.333. The van der Waals surface area contributed by atoms with Crippen LogP contribution >= 0.6 is 0 Å². The molecule has 0 spiro atoms. The SMILES string of the molecule is [CH2-]CC(C(C#N)=NO)=C([CH2-])CC.[Y]. The Morgan fingerprint density at radius 3 is 2.38 bits per heavy atom. The Morgan fingerprint density at radius 1 is 1.62 bits per heavy atom. The smallest absolute Gasteiger partial charge is 0.103 e. The largest absolute Gasteiger partial charge is 0.411 e. The zero-order valence-electron chi connectivity index (χ0n) is 7.75. The number of nitriles is 1. The van der Waals surface area contributed by atoms with Crippen LogP contribution in [0.2, 0.25) is 0 Å². The molecule has 0 aromatic rings. The first-order valence-electron chi connectivity index (χ1n) is 3.66. The average Bonchev–Trinajstić information content (AvgIpc) is 2.12. The molecule has 0 heterocycles. The van der Waals surface area contributed by atoms with Crippen LogP contribution in [0.4, 0.5) is 0 Å². The van der Waals surface area contributed by atoms with E-state index in [0.717, 1.165) is 12.0 Å². The fourth-order valence-corrected chi connectivity index (χ4v) is 0.826. The quantitative estimate of drug-likeness (QED) is 0.362. The van der Waals surface area contributed by atoms with E-state index in [-0.39, 0.29) is 38.4 Å². The summed E-state index contributed by atoms with van der Waals surface area (Å²) in [6, 6.07) is 1.78. The van der Waals surface area contributed by atoms with E-state index in [4.69, 9.17) is 10.5 Å². The normalized spacial score (nSPS) is 12.5. The Kier molecular flexibility index (Phi) is 9.66. The maximum Gasteiger partial charge on any atom is 0.103 e. The molecule has 69 valence electrons.